The van der Waals surface area contributed by atoms with E-state index in [-0.39, 0.29) is 25.0 Å². The van der Waals surface area contributed by atoms with Gasteiger partial charge in [0.15, 0.2) is 10.3 Å². The van der Waals surface area contributed by atoms with E-state index in [1.165, 1.54) is 53.0 Å². The van der Waals surface area contributed by atoms with Crippen molar-refractivity contribution in [2.45, 2.75) is 0 Å². The topological polar surface area (TPSA) is 225 Å². The maximum absolute atomic E-state index is 12.2. The number of aromatic nitrogens is 2. The lowest BCUT2D eigenvalue weighted by molar-refractivity contribution is 0.0696. The SMILES string of the molecule is NC(=O)c1cccc(C(=O)Nc2nc3ccccc3s2)c1.NC(=O)c1cccc(C(=O)O)c1.Nc1nc2ccccc2s1.[3H][B]O. The molecule has 0 aliphatic rings. The van der Waals surface area contributed by atoms with Crippen LogP contribution in [0, 0.1) is 0 Å². The number of hydrogen-bond acceptors (Lipinski definition) is 10. The normalized spacial score (nSPS) is 10.0. The number of hydrogen-bond donors (Lipinski definition) is 6. The van der Waals surface area contributed by atoms with Crippen LogP contribution in [-0.4, -0.2) is 53.1 Å². The molecule has 0 atom stereocenters. The number of nitrogens with two attached hydrogens (primary N) is 3. The average molecular weight is 644 g/mol. The van der Waals surface area contributed by atoms with Crippen LogP contribution in [0.4, 0.5) is 10.3 Å². The minimum absolute atomic E-state index is 0.0614. The van der Waals surface area contributed by atoms with Crippen LogP contribution in [0.1, 0.15) is 41.4 Å². The molecule has 4 aromatic carbocycles. The van der Waals surface area contributed by atoms with Gasteiger partial charge in [0.1, 0.15) is 0 Å². The fraction of sp³-hybridized carbons (Fsp3) is 0. The highest BCUT2D eigenvalue weighted by molar-refractivity contribution is 7.22. The van der Waals surface area contributed by atoms with Crippen molar-refractivity contribution < 1.29 is 29.3 Å². The third-order valence-electron chi connectivity index (χ3n) is 5.63. The summed E-state index contributed by atoms with van der Waals surface area (Å²) < 4.78 is 7.79. The van der Waals surface area contributed by atoms with E-state index in [0.717, 1.165) is 20.4 Å². The van der Waals surface area contributed by atoms with Crippen LogP contribution < -0.4 is 22.5 Å². The number of carboxylic acids is 1. The van der Waals surface area contributed by atoms with E-state index in [4.69, 9.17) is 28.7 Å². The first-order valence-corrected chi connectivity index (χ1v) is 14.3. The number of carboxylic acid groups (broad SMARTS) is 1. The third kappa shape index (κ3) is 9.69. The molecule has 2 heterocycles. The highest BCUT2D eigenvalue weighted by Crippen LogP contribution is 2.26. The van der Waals surface area contributed by atoms with Crippen LogP contribution in [-0.2, 0) is 0 Å². The Hall–Kier alpha value is -5.64. The third-order valence-corrected chi connectivity index (χ3v) is 7.45. The van der Waals surface area contributed by atoms with E-state index in [0.29, 0.717) is 21.4 Å². The lowest BCUT2D eigenvalue weighted by Gasteiger charge is -2.02. The zero-order valence-corrected chi connectivity index (χ0v) is 24.9. The van der Waals surface area contributed by atoms with Crippen LogP contribution in [0.3, 0.4) is 0 Å². The molecule has 0 unspecified atom stereocenters. The summed E-state index contributed by atoms with van der Waals surface area (Å²) in [5.74, 6) is -2.59. The number of primary amides is 2. The van der Waals surface area contributed by atoms with E-state index in [9.17, 15) is 19.2 Å². The molecule has 0 aliphatic heterocycles. The number of nitrogen functional groups attached to an aromatic ring is 1. The standard InChI is InChI=1S/C15H11N3O2S.C8H7NO3.C7H6N2S.BH2O/c16-13(19)9-4-3-5-10(8-9)14(20)18-15-17-11-6-1-2-7-12(11)21-15;9-7(10)5-2-1-3-6(4-5)8(11)12;8-7-9-5-3-1-2-4-6(5)10-7;1-2/h1-8H,(H2,16,19)(H,17,18,20);1-4H,(H2,9,10)(H,11,12);1-4H,(H2,8,9);1-2H/i;;;1T. The quantitative estimate of drug-likeness (QED) is 0.150. The summed E-state index contributed by atoms with van der Waals surface area (Å²) in [7, 11) is 0.250. The molecule has 0 saturated heterocycles. The zero-order valence-electron chi connectivity index (χ0n) is 24.3. The van der Waals surface area contributed by atoms with Crippen molar-refractivity contribution in [3.63, 3.8) is 0 Å². The zero-order chi connectivity index (χ0) is 33.6. The molecule has 0 bridgehead atoms. The Bertz CT molecular complexity index is 1890. The molecular weight excluding hydrogens is 615 g/mol. The number of aromatic carboxylic acids is 1. The molecule has 15 heteroatoms. The van der Waals surface area contributed by atoms with Gasteiger partial charge in [0.2, 0.25) is 11.8 Å². The molecule has 0 saturated carbocycles. The van der Waals surface area contributed by atoms with Gasteiger partial charge in [-0.3, -0.25) is 19.7 Å². The second kappa shape index (κ2) is 16.3. The Balaban J connectivity index is 0.000000195. The van der Waals surface area contributed by atoms with Crippen molar-refractivity contribution in [2.24, 2.45) is 11.5 Å². The lowest BCUT2D eigenvalue weighted by Crippen LogP contribution is -2.15. The largest absolute Gasteiger partial charge is 0.478 e. The summed E-state index contributed by atoms with van der Waals surface area (Å²) in [6, 6.07) is 27.4. The lowest BCUT2D eigenvalue weighted by atomic mass is 10.1. The monoisotopic (exact) mass is 643 g/mol. The fourth-order valence-electron chi connectivity index (χ4n) is 3.60. The predicted molar refractivity (Wildman–Crippen MR) is 178 cm³/mol. The number of thiazole rings is 2. The number of benzene rings is 4. The number of carbonyl (C=O) groups excluding carboxylic acids is 3. The first kappa shape index (κ1) is 32.3. The van der Waals surface area contributed by atoms with Gasteiger partial charge in [0.25, 0.3) is 13.9 Å². The number of rotatable bonds is 5. The number of carbonyl (C=O) groups is 4. The first-order chi connectivity index (χ1) is 22.0. The number of amides is 3. The van der Waals surface area contributed by atoms with E-state index < -0.39 is 17.8 Å². The van der Waals surface area contributed by atoms with Crippen molar-refractivity contribution in [3.05, 3.63) is 119 Å². The minimum atomic E-state index is -1.07. The number of fused-ring (bicyclic) bond motifs is 2. The average Bonchev–Trinajstić information content (AvgIpc) is 3.64. The van der Waals surface area contributed by atoms with Crippen molar-refractivity contribution in [2.75, 3.05) is 11.1 Å². The first-order valence-electron chi connectivity index (χ1n) is 13.3. The van der Waals surface area contributed by atoms with Gasteiger partial charge in [-0.1, -0.05) is 59.1 Å². The molecular formula is C30H26BN6O6S2. The molecule has 227 valence electrons. The van der Waals surface area contributed by atoms with Gasteiger partial charge in [0, 0.05) is 18.0 Å². The molecule has 2 aromatic heterocycles. The van der Waals surface area contributed by atoms with Crippen molar-refractivity contribution in [1.82, 2.24) is 9.97 Å². The van der Waals surface area contributed by atoms with E-state index >= 15 is 0 Å². The predicted octanol–water partition coefficient (Wildman–Crippen LogP) is 3.80. The molecule has 9 N–H and O–H groups in total. The molecule has 1 radical (unpaired) electrons. The summed E-state index contributed by atoms with van der Waals surface area (Å²) in [5.41, 5.74) is 18.4. The molecule has 0 aliphatic carbocycles. The Morgan fingerprint density at radius 3 is 1.69 bits per heavy atom. The van der Waals surface area contributed by atoms with Gasteiger partial charge < -0.3 is 27.3 Å². The van der Waals surface area contributed by atoms with Crippen LogP contribution in [0.25, 0.3) is 20.4 Å². The van der Waals surface area contributed by atoms with Crippen LogP contribution in [0.2, 0.25) is 0 Å². The van der Waals surface area contributed by atoms with E-state index in [1.807, 2.05) is 48.5 Å². The Morgan fingerprint density at radius 1 is 0.711 bits per heavy atom. The van der Waals surface area contributed by atoms with Gasteiger partial charge in [-0.25, -0.2) is 14.8 Å². The van der Waals surface area contributed by atoms with Gasteiger partial charge in [-0.2, -0.15) is 0 Å². The molecule has 6 rings (SSSR count). The smallest absolute Gasteiger partial charge is 0.335 e. The highest BCUT2D eigenvalue weighted by atomic mass is 32.1. The van der Waals surface area contributed by atoms with Crippen molar-refractivity contribution in [1.29, 1.82) is 1.34 Å². The molecule has 0 fully saturated rings. The number of anilines is 2. The van der Waals surface area contributed by atoms with Crippen molar-refractivity contribution in [3.8, 4) is 0 Å². The summed E-state index contributed by atoms with van der Waals surface area (Å²) in [5, 5.41) is 19.5. The molecule has 45 heavy (non-hydrogen) atoms. The summed E-state index contributed by atoms with van der Waals surface area (Å²) in [6.45, 7) is 0. The van der Waals surface area contributed by atoms with Crippen LogP contribution >= 0.6 is 22.7 Å². The molecule has 0 spiro atoms. The fourth-order valence-corrected chi connectivity index (χ4v) is 5.20. The van der Waals surface area contributed by atoms with E-state index in [2.05, 4.69) is 15.3 Å². The Morgan fingerprint density at radius 2 is 1.18 bits per heavy atom. The minimum Gasteiger partial charge on any atom is -0.478 e. The van der Waals surface area contributed by atoms with Gasteiger partial charge >= 0.3 is 5.97 Å². The van der Waals surface area contributed by atoms with Gasteiger partial charge in [0.05, 0.1) is 26.0 Å². The van der Waals surface area contributed by atoms with Gasteiger partial charge in [-0.05, 0) is 60.7 Å². The Kier molecular flexibility index (Phi) is 11.7. The molecule has 12 nitrogen and oxygen atoms in total. The second-order valence-electron chi connectivity index (χ2n) is 8.66. The number of nitrogens with zero attached hydrogens (tertiary/aromatic N) is 2. The summed E-state index contributed by atoms with van der Waals surface area (Å²) in [6.07, 6.45) is 0. The highest BCUT2D eigenvalue weighted by Gasteiger charge is 2.11. The van der Waals surface area contributed by atoms with Crippen molar-refractivity contribution >= 4 is 85.1 Å². The van der Waals surface area contributed by atoms with Gasteiger partial charge in [-0.15, -0.1) is 0 Å². The number of para-hydroxylation sites is 2. The number of nitrogens with one attached hydrogen (secondary N) is 1. The summed E-state index contributed by atoms with van der Waals surface area (Å²) in [4.78, 5) is 52.8. The van der Waals surface area contributed by atoms with Crippen LogP contribution in [0.5, 0.6) is 0 Å². The summed E-state index contributed by atoms with van der Waals surface area (Å²) >= 11 is 2.91. The second-order valence-corrected chi connectivity index (χ2v) is 10.7. The molecule has 6 aromatic rings. The maximum atomic E-state index is 12.2. The maximum Gasteiger partial charge on any atom is 0.335 e. The van der Waals surface area contributed by atoms with Crippen LogP contribution in [0.15, 0.2) is 97.1 Å². The molecule has 3 amide bonds. The van der Waals surface area contributed by atoms with E-state index in [1.54, 1.807) is 18.2 Å². The Labute approximate surface area is 267 Å².